The Kier molecular flexibility index (Phi) is 0.472. The van der Waals surface area contributed by atoms with E-state index in [1.165, 1.54) is 18.9 Å². The lowest BCUT2D eigenvalue weighted by Gasteiger charge is -2.07. The van der Waals surface area contributed by atoms with E-state index in [9.17, 15) is 0 Å². The molecule has 0 unspecified atom stereocenters. The third-order valence-electron chi connectivity index (χ3n) is 3.21. The molecular formula is C7H11N. The Morgan fingerprint density at radius 1 is 1.12 bits per heavy atom. The number of nitrogens with one attached hydrogen (secondary N) is 1. The molecule has 1 heteroatoms. The number of hydrogen-bond acceptors (Lipinski definition) is 1. The monoisotopic (exact) mass is 109 g/mol. The summed E-state index contributed by atoms with van der Waals surface area (Å²) in [7, 11) is 0. The molecule has 0 radical (unpaired) electrons. The predicted octanol–water partition coefficient (Wildman–Crippen LogP) is 0.614. The lowest BCUT2D eigenvalue weighted by atomic mass is 10.1. The van der Waals surface area contributed by atoms with E-state index in [0.29, 0.717) is 0 Å². The molecule has 0 spiro atoms. The van der Waals surface area contributed by atoms with E-state index in [2.05, 4.69) is 5.32 Å². The number of hydrogen-bond donors (Lipinski definition) is 1. The van der Waals surface area contributed by atoms with E-state index in [4.69, 9.17) is 0 Å². The first-order valence-electron chi connectivity index (χ1n) is 3.68. The minimum Gasteiger partial charge on any atom is -0.313 e. The summed E-state index contributed by atoms with van der Waals surface area (Å²) in [4.78, 5) is 0. The highest BCUT2D eigenvalue weighted by Crippen LogP contribution is 2.57. The van der Waals surface area contributed by atoms with Gasteiger partial charge in [0.15, 0.2) is 0 Å². The first-order chi connectivity index (χ1) is 3.95. The molecule has 0 aromatic heterocycles. The molecule has 8 heavy (non-hydrogen) atoms. The van der Waals surface area contributed by atoms with Gasteiger partial charge in [0.25, 0.3) is 0 Å². The molecule has 4 atom stereocenters. The zero-order valence-electron chi connectivity index (χ0n) is 4.93. The molecule has 1 N–H and O–H groups in total. The van der Waals surface area contributed by atoms with Crippen molar-refractivity contribution >= 4 is 0 Å². The summed E-state index contributed by atoms with van der Waals surface area (Å²) in [5.74, 6) is 3.42. The van der Waals surface area contributed by atoms with Gasteiger partial charge in [-0.05, 0) is 37.1 Å². The Bertz CT molecular complexity index is 118. The molecule has 0 amide bonds. The first-order valence-corrected chi connectivity index (χ1v) is 3.68. The second-order valence-electron chi connectivity index (χ2n) is 3.57. The Morgan fingerprint density at radius 3 is 2.62 bits per heavy atom. The van der Waals surface area contributed by atoms with E-state index in [-0.39, 0.29) is 0 Å². The van der Waals surface area contributed by atoms with Crippen molar-refractivity contribution in [2.75, 3.05) is 6.54 Å². The van der Waals surface area contributed by atoms with Gasteiger partial charge < -0.3 is 5.32 Å². The lowest BCUT2D eigenvalue weighted by Crippen LogP contribution is -2.26. The van der Waals surface area contributed by atoms with Gasteiger partial charge in [0.2, 0.25) is 0 Å². The van der Waals surface area contributed by atoms with Gasteiger partial charge in [0, 0.05) is 6.04 Å². The Labute approximate surface area is 49.5 Å². The van der Waals surface area contributed by atoms with Crippen molar-refractivity contribution in [3.8, 4) is 0 Å². The van der Waals surface area contributed by atoms with Crippen molar-refractivity contribution in [3.05, 3.63) is 0 Å². The van der Waals surface area contributed by atoms with Crippen molar-refractivity contribution < 1.29 is 0 Å². The summed E-state index contributed by atoms with van der Waals surface area (Å²) in [6, 6.07) is 0.963. The van der Waals surface area contributed by atoms with Crippen molar-refractivity contribution in [1.29, 1.82) is 0 Å². The largest absolute Gasteiger partial charge is 0.313 e. The van der Waals surface area contributed by atoms with Crippen LogP contribution in [-0.2, 0) is 0 Å². The second kappa shape index (κ2) is 0.971. The van der Waals surface area contributed by atoms with Crippen molar-refractivity contribution in [2.45, 2.75) is 18.9 Å². The molecule has 3 rings (SSSR count). The normalized spacial score (nSPS) is 66.0. The highest BCUT2D eigenvalue weighted by Gasteiger charge is 2.57. The maximum absolute atomic E-state index is 3.55. The molecule has 2 saturated carbocycles. The van der Waals surface area contributed by atoms with Gasteiger partial charge in [-0.2, -0.15) is 0 Å². The minimum atomic E-state index is 0.963. The van der Waals surface area contributed by atoms with E-state index in [0.717, 1.165) is 17.9 Å². The predicted molar refractivity (Wildman–Crippen MR) is 31.5 cm³/mol. The summed E-state index contributed by atoms with van der Waals surface area (Å²) >= 11 is 0. The van der Waals surface area contributed by atoms with Crippen LogP contribution in [0.4, 0.5) is 0 Å². The highest BCUT2D eigenvalue weighted by atomic mass is 15.0. The molecule has 44 valence electrons. The van der Waals surface area contributed by atoms with Crippen LogP contribution in [-0.4, -0.2) is 12.6 Å². The zero-order chi connectivity index (χ0) is 5.14. The Hall–Kier alpha value is -0.0400. The van der Waals surface area contributed by atoms with Crippen LogP contribution in [0, 0.1) is 17.8 Å². The Balaban J connectivity index is 2.02. The van der Waals surface area contributed by atoms with E-state index >= 15 is 0 Å². The fourth-order valence-electron chi connectivity index (χ4n) is 2.69. The standard InChI is InChI=1S/C7H11N/c1-4-3-8-7(1)6-2-5(4)6/h4-8H,1-3H2/t4-,5-,6-,7-/m0/s1. The summed E-state index contributed by atoms with van der Waals surface area (Å²) in [5.41, 5.74) is 0. The van der Waals surface area contributed by atoms with Crippen LogP contribution in [0.5, 0.6) is 0 Å². The number of piperidine rings is 1. The molecule has 0 aromatic rings. The summed E-state index contributed by atoms with van der Waals surface area (Å²) in [5, 5.41) is 3.55. The summed E-state index contributed by atoms with van der Waals surface area (Å²) < 4.78 is 0. The van der Waals surface area contributed by atoms with Crippen LogP contribution in [0.1, 0.15) is 12.8 Å². The van der Waals surface area contributed by atoms with Gasteiger partial charge in [-0.3, -0.25) is 0 Å². The van der Waals surface area contributed by atoms with Crippen molar-refractivity contribution in [1.82, 2.24) is 5.32 Å². The van der Waals surface area contributed by atoms with Crippen LogP contribution in [0.2, 0.25) is 0 Å². The van der Waals surface area contributed by atoms with Gasteiger partial charge >= 0.3 is 0 Å². The van der Waals surface area contributed by atoms with Gasteiger partial charge in [-0.25, -0.2) is 0 Å². The topological polar surface area (TPSA) is 12.0 Å². The van der Waals surface area contributed by atoms with E-state index < -0.39 is 0 Å². The second-order valence-corrected chi connectivity index (χ2v) is 3.57. The maximum atomic E-state index is 3.55. The molecule has 2 bridgehead atoms. The van der Waals surface area contributed by atoms with Crippen LogP contribution >= 0.6 is 0 Å². The fraction of sp³-hybridized carbons (Fsp3) is 1.00. The average molecular weight is 109 g/mol. The molecule has 3 fully saturated rings. The molecular weight excluding hydrogens is 98.1 g/mol. The van der Waals surface area contributed by atoms with Gasteiger partial charge in [0.05, 0.1) is 0 Å². The lowest BCUT2D eigenvalue weighted by molar-refractivity contribution is 0.480. The summed E-state index contributed by atoms with van der Waals surface area (Å²) in [6.07, 6.45) is 3.07. The quantitative estimate of drug-likeness (QED) is 0.480. The molecule has 0 aromatic carbocycles. The van der Waals surface area contributed by atoms with Crippen molar-refractivity contribution in [3.63, 3.8) is 0 Å². The van der Waals surface area contributed by atoms with Gasteiger partial charge in [-0.15, -0.1) is 0 Å². The highest BCUT2D eigenvalue weighted by molar-refractivity contribution is 5.10. The third kappa shape index (κ3) is 0.278. The minimum absolute atomic E-state index is 0.963. The smallest absolute Gasteiger partial charge is 0.0101 e. The summed E-state index contributed by atoms with van der Waals surface area (Å²) in [6.45, 7) is 1.34. The number of fused-ring (bicyclic) bond motifs is 5. The Morgan fingerprint density at radius 2 is 2.12 bits per heavy atom. The van der Waals surface area contributed by atoms with E-state index in [1.807, 2.05) is 0 Å². The van der Waals surface area contributed by atoms with E-state index in [1.54, 1.807) is 6.42 Å². The molecule has 3 aliphatic rings. The number of rotatable bonds is 0. The molecule has 1 aliphatic heterocycles. The molecule has 2 aliphatic carbocycles. The molecule has 1 saturated heterocycles. The van der Waals surface area contributed by atoms with Crippen LogP contribution < -0.4 is 5.32 Å². The average Bonchev–Trinajstić information content (AvgIpc) is 2.39. The SMILES string of the molecule is C1N[C@H]2C[C@@H]1[C@@H]1C[C@@H]12. The molecule has 1 heterocycles. The van der Waals surface area contributed by atoms with Crippen molar-refractivity contribution in [2.24, 2.45) is 17.8 Å². The third-order valence-corrected chi connectivity index (χ3v) is 3.21. The van der Waals surface area contributed by atoms with Gasteiger partial charge in [-0.1, -0.05) is 0 Å². The molecule has 1 nitrogen and oxygen atoms in total. The van der Waals surface area contributed by atoms with Crippen LogP contribution in [0.25, 0.3) is 0 Å². The van der Waals surface area contributed by atoms with Crippen LogP contribution in [0.15, 0.2) is 0 Å². The fourth-order valence-corrected chi connectivity index (χ4v) is 2.69. The maximum Gasteiger partial charge on any atom is 0.0101 e. The van der Waals surface area contributed by atoms with Gasteiger partial charge in [0.1, 0.15) is 0 Å². The van der Waals surface area contributed by atoms with Crippen LogP contribution in [0.3, 0.4) is 0 Å². The first kappa shape index (κ1) is 3.89. The zero-order valence-corrected chi connectivity index (χ0v) is 4.93.